The zero-order valence-electron chi connectivity index (χ0n) is 12.7. The van der Waals surface area contributed by atoms with Crippen molar-refractivity contribution < 1.29 is 9.50 Å². The molecule has 2 heterocycles. The Morgan fingerprint density at radius 2 is 2.00 bits per heavy atom. The molecule has 0 spiro atoms. The first-order chi connectivity index (χ1) is 11.0. The molecule has 118 valence electrons. The Hall–Kier alpha value is -2.11. The zero-order valence-corrected chi connectivity index (χ0v) is 13.5. The van der Waals surface area contributed by atoms with E-state index >= 15 is 0 Å². The summed E-state index contributed by atoms with van der Waals surface area (Å²) in [6.45, 7) is 4.00. The fraction of sp³-hybridized carbons (Fsp3) is 0.235. The summed E-state index contributed by atoms with van der Waals surface area (Å²) in [6, 6.07) is 5.39. The van der Waals surface area contributed by atoms with Crippen LogP contribution in [0, 0.1) is 5.82 Å². The summed E-state index contributed by atoms with van der Waals surface area (Å²) in [4.78, 5) is 12.0. The largest absolute Gasteiger partial charge is 0.392 e. The van der Waals surface area contributed by atoms with E-state index in [0.29, 0.717) is 5.56 Å². The normalized spacial score (nSPS) is 11.4. The van der Waals surface area contributed by atoms with Gasteiger partial charge in [-0.15, -0.1) is 0 Å². The third-order valence-electron chi connectivity index (χ3n) is 3.73. The molecular formula is C17H15ClFN3O. The maximum absolute atomic E-state index is 14.0. The minimum Gasteiger partial charge on any atom is -0.392 e. The van der Waals surface area contributed by atoms with Crippen molar-refractivity contribution in [3.8, 4) is 11.3 Å². The molecule has 0 fully saturated rings. The predicted molar refractivity (Wildman–Crippen MR) is 87.7 cm³/mol. The van der Waals surface area contributed by atoms with Crippen molar-refractivity contribution in [2.24, 2.45) is 0 Å². The van der Waals surface area contributed by atoms with E-state index in [4.69, 9.17) is 11.6 Å². The average molecular weight is 332 g/mol. The van der Waals surface area contributed by atoms with E-state index in [9.17, 15) is 9.50 Å². The van der Waals surface area contributed by atoms with Crippen LogP contribution in [0.3, 0.4) is 0 Å². The quantitative estimate of drug-likeness (QED) is 0.734. The van der Waals surface area contributed by atoms with Crippen LogP contribution >= 0.6 is 11.6 Å². The van der Waals surface area contributed by atoms with Crippen LogP contribution in [0.4, 0.5) is 4.39 Å². The second-order valence-corrected chi connectivity index (χ2v) is 5.92. The fourth-order valence-electron chi connectivity index (χ4n) is 2.76. The monoisotopic (exact) mass is 331 g/mol. The molecule has 4 nitrogen and oxygen atoms in total. The van der Waals surface area contributed by atoms with Gasteiger partial charge < -0.3 is 5.11 Å². The molecule has 1 N–H and O–H groups in total. The van der Waals surface area contributed by atoms with E-state index in [2.05, 4.69) is 15.0 Å². The minimum absolute atomic E-state index is 0.00665. The maximum Gasteiger partial charge on any atom is 0.223 e. The van der Waals surface area contributed by atoms with Crippen molar-refractivity contribution in [1.29, 1.82) is 0 Å². The van der Waals surface area contributed by atoms with Crippen molar-refractivity contribution in [3.05, 3.63) is 52.8 Å². The Morgan fingerprint density at radius 3 is 2.70 bits per heavy atom. The molecule has 0 saturated carbocycles. The van der Waals surface area contributed by atoms with Crippen molar-refractivity contribution in [2.45, 2.75) is 26.4 Å². The average Bonchev–Trinajstić information content (AvgIpc) is 2.55. The molecule has 0 aliphatic carbocycles. The fourth-order valence-corrected chi connectivity index (χ4v) is 2.89. The molecule has 3 aromatic rings. The second kappa shape index (κ2) is 6.18. The van der Waals surface area contributed by atoms with Crippen LogP contribution in [0.5, 0.6) is 0 Å². The van der Waals surface area contributed by atoms with E-state index in [1.54, 1.807) is 12.3 Å². The summed E-state index contributed by atoms with van der Waals surface area (Å²) in [5.74, 6) is -0.345. The van der Waals surface area contributed by atoms with Crippen LogP contribution in [-0.4, -0.2) is 20.1 Å². The van der Waals surface area contributed by atoms with E-state index < -0.39 is 5.82 Å². The highest BCUT2D eigenvalue weighted by Gasteiger charge is 2.15. The number of rotatable bonds is 3. The van der Waals surface area contributed by atoms with E-state index in [1.165, 1.54) is 0 Å². The number of hydrogen-bond acceptors (Lipinski definition) is 4. The molecule has 2 aromatic heterocycles. The summed E-state index contributed by atoms with van der Waals surface area (Å²) in [7, 11) is 0. The number of aliphatic hydroxyl groups is 1. The predicted octanol–water partition coefficient (Wildman–Crippen LogP) is 4.10. The summed E-state index contributed by atoms with van der Waals surface area (Å²) in [5, 5.41) is 10.4. The smallest absolute Gasteiger partial charge is 0.223 e. The van der Waals surface area contributed by atoms with Gasteiger partial charge in [-0.05, 0) is 40.8 Å². The number of aliphatic hydroxyl groups excluding tert-OH is 1. The van der Waals surface area contributed by atoms with Gasteiger partial charge in [0.1, 0.15) is 5.69 Å². The molecule has 1 aromatic carbocycles. The van der Waals surface area contributed by atoms with E-state index in [-0.39, 0.29) is 23.5 Å². The lowest BCUT2D eigenvalue weighted by Crippen LogP contribution is -2.00. The molecule has 0 amide bonds. The Kier molecular flexibility index (Phi) is 4.24. The van der Waals surface area contributed by atoms with Crippen LogP contribution in [0.15, 0.2) is 30.6 Å². The maximum atomic E-state index is 14.0. The molecule has 0 aliphatic heterocycles. The van der Waals surface area contributed by atoms with Crippen molar-refractivity contribution in [3.63, 3.8) is 0 Å². The highest BCUT2D eigenvalue weighted by atomic mass is 35.5. The highest BCUT2D eigenvalue weighted by molar-refractivity contribution is 6.28. The lowest BCUT2D eigenvalue weighted by atomic mass is 9.93. The lowest BCUT2D eigenvalue weighted by molar-refractivity contribution is 0.280. The lowest BCUT2D eigenvalue weighted by Gasteiger charge is -2.15. The molecule has 0 radical (unpaired) electrons. The Morgan fingerprint density at radius 1 is 1.22 bits per heavy atom. The number of benzene rings is 1. The van der Waals surface area contributed by atoms with Gasteiger partial charge in [-0.2, -0.15) is 0 Å². The summed E-state index contributed by atoms with van der Waals surface area (Å²) < 4.78 is 14.0. The Labute approximate surface area is 138 Å². The molecule has 6 heteroatoms. The number of halogens is 2. The van der Waals surface area contributed by atoms with Gasteiger partial charge in [-0.1, -0.05) is 19.9 Å². The van der Waals surface area contributed by atoms with Crippen molar-refractivity contribution >= 4 is 22.5 Å². The number of aromatic nitrogens is 3. The molecule has 3 rings (SSSR count). The van der Waals surface area contributed by atoms with Gasteiger partial charge in [0.25, 0.3) is 0 Å². The molecule has 0 unspecified atom stereocenters. The second-order valence-electron chi connectivity index (χ2n) is 5.58. The van der Waals surface area contributed by atoms with Gasteiger partial charge >= 0.3 is 0 Å². The van der Waals surface area contributed by atoms with Crippen molar-refractivity contribution in [1.82, 2.24) is 15.0 Å². The van der Waals surface area contributed by atoms with Gasteiger partial charge in [0.05, 0.1) is 18.3 Å². The number of nitrogens with zero attached hydrogens (tertiary/aromatic N) is 3. The highest BCUT2D eigenvalue weighted by Crippen LogP contribution is 2.31. The van der Waals surface area contributed by atoms with Crippen LogP contribution in [-0.2, 0) is 6.61 Å². The first-order valence-electron chi connectivity index (χ1n) is 7.22. The van der Waals surface area contributed by atoms with Gasteiger partial charge in [-0.3, -0.25) is 4.98 Å². The number of hydrogen-bond donors (Lipinski definition) is 1. The molecule has 0 atom stereocenters. The first kappa shape index (κ1) is 15.8. The zero-order chi connectivity index (χ0) is 16.6. The van der Waals surface area contributed by atoms with Gasteiger partial charge in [-0.25, -0.2) is 14.4 Å². The minimum atomic E-state index is -0.536. The topological polar surface area (TPSA) is 58.9 Å². The summed E-state index contributed by atoms with van der Waals surface area (Å²) >= 11 is 5.78. The number of pyridine rings is 1. The molecule has 23 heavy (non-hydrogen) atoms. The van der Waals surface area contributed by atoms with E-state index in [0.717, 1.165) is 28.2 Å². The van der Waals surface area contributed by atoms with Crippen LogP contribution in [0.1, 0.15) is 30.9 Å². The van der Waals surface area contributed by atoms with Crippen LogP contribution in [0.25, 0.3) is 22.2 Å². The summed E-state index contributed by atoms with van der Waals surface area (Å²) in [6.07, 6.45) is 2.74. The standard InChI is InChI=1S/C17H15ClFN3O/c1-9(2)15-11(8-23)6-20-14-4-3-10(5-12(14)15)16-13(19)7-21-17(18)22-16/h3-7,9,23H,8H2,1-2H3. The Bertz CT molecular complexity index is 883. The van der Waals surface area contributed by atoms with Crippen molar-refractivity contribution in [2.75, 3.05) is 0 Å². The SMILES string of the molecule is CC(C)c1c(CO)cnc2ccc(-c3nc(Cl)ncc3F)cc12. The van der Waals surface area contributed by atoms with Crippen LogP contribution < -0.4 is 0 Å². The molecule has 0 saturated heterocycles. The van der Waals surface area contributed by atoms with Gasteiger partial charge in [0, 0.05) is 17.1 Å². The first-order valence-corrected chi connectivity index (χ1v) is 7.60. The van der Waals surface area contributed by atoms with Gasteiger partial charge in [0.15, 0.2) is 5.82 Å². The van der Waals surface area contributed by atoms with E-state index in [1.807, 2.05) is 26.0 Å². The molecule has 0 bridgehead atoms. The molecular weight excluding hydrogens is 317 g/mol. The third-order valence-corrected chi connectivity index (χ3v) is 3.91. The number of fused-ring (bicyclic) bond motifs is 1. The Balaban J connectivity index is 2.29. The summed E-state index contributed by atoms with van der Waals surface area (Å²) in [5.41, 5.74) is 3.30. The molecule has 0 aliphatic rings. The van der Waals surface area contributed by atoms with Crippen LogP contribution in [0.2, 0.25) is 5.28 Å². The third kappa shape index (κ3) is 2.90. The van der Waals surface area contributed by atoms with Gasteiger partial charge in [0.2, 0.25) is 5.28 Å².